The van der Waals surface area contributed by atoms with Crippen molar-refractivity contribution in [3.8, 4) is 0 Å². The van der Waals surface area contributed by atoms with Crippen LogP contribution in [0.25, 0.3) is 0 Å². The van der Waals surface area contributed by atoms with Gasteiger partial charge in [0.05, 0.1) is 6.61 Å². The Kier molecular flexibility index (Phi) is 4.23. The predicted molar refractivity (Wildman–Crippen MR) is 56.7 cm³/mol. The van der Waals surface area contributed by atoms with E-state index in [9.17, 15) is 4.79 Å². The smallest absolute Gasteiger partial charge is 0.328 e. The third-order valence-electron chi connectivity index (χ3n) is 1.63. The van der Waals surface area contributed by atoms with Gasteiger partial charge in [-0.05, 0) is 24.6 Å². The van der Waals surface area contributed by atoms with Crippen molar-refractivity contribution in [1.82, 2.24) is 0 Å². The Balaban J connectivity index is 2.78. The summed E-state index contributed by atoms with van der Waals surface area (Å²) in [5.41, 5.74) is 0.651. The second-order valence-corrected chi connectivity index (χ2v) is 3.54. The molecule has 1 aromatic carbocycles. The van der Waals surface area contributed by atoms with Crippen LogP contribution >= 0.6 is 23.2 Å². The summed E-state index contributed by atoms with van der Waals surface area (Å²) in [5, 5.41) is -0.230. The summed E-state index contributed by atoms with van der Waals surface area (Å²) in [6.07, 6.45) is 0. The number of benzene rings is 1. The van der Waals surface area contributed by atoms with Crippen molar-refractivity contribution < 1.29 is 9.53 Å². The maximum atomic E-state index is 11.3. The molecule has 1 rings (SSSR count). The van der Waals surface area contributed by atoms with Crippen LogP contribution in [0.5, 0.6) is 0 Å². The van der Waals surface area contributed by atoms with Crippen molar-refractivity contribution in [2.45, 2.75) is 12.3 Å². The molecule has 0 unspecified atom stereocenters. The van der Waals surface area contributed by atoms with Crippen LogP contribution in [0.3, 0.4) is 0 Å². The molecule has 0 aliphatic rings. The quantitative estimate of drug-likeness (QED) is 0.592. The first-order valence-corrected chi connectivity index (χ1v) is 5.02. The molecule has 14 heavy (non-hydrogen) atoms. The minimum Gasteiger partial charge on any atom is -0.465 e. The highest BCUT2D eigenvalue weighted by molar-refractivity contribution is 6.32. The fraction of sp³-hybridized carbons (Fsp3) is 0.300. The van der Waals surface area contributed by atoms with E-state index in [1.165, 1.54) is 0 Å². The third kappa shape index (κ3) is 2.89. The number of halogens is 2. The molecule has 0 saturated heterocycles. The van der Waals surface area contributed by atoms with E-state index >= 15 is 0 Å². The number of alkyl halides is 1. The number of hydrogen-bond acceptors (Lipinski definition) is 2. The summed E-state index contributed by atoms with van der Waals surface area (Å²) in [5.74, 6) is -0.448. The lowest BCUT2D eigenvalue weighted by molar-refractivity contribution is -0.142. The Morgan fingerprint density at radius 3 is 2.86 bits per heavy atom. The standard InChI is InChI=1S/C10H10Cl2O2/c1-2-14-10(13)9(12)7-4-3-5-8(11)6-7/h3-6,9H,2H2,1H3/t9-/m1/s1. The number of esters is 1. The van der Waals surface area contributed by atoms with Crippen molar-refractivity contribution in [3.05, 3.63) is 34.9 Å². The summed E-state index contributed by atoms with van der Waals surface area (Å²) >= 11 is 11.6. The van der Waals surface area contributed by atoms with Crippen molar-refractivity contribution >= 4 is 29.2 Å². The van der Waals surface area contributed by atoms with Crippen LogP contribution in [0, 0.1) is 0 Å². The average Bonchev–Trinajstić information content (AvgIpc) is 2.17. The number of ether oxygens (including phenoxy) is 1. The van der Waals surface area contributed by atoms with Crippen LogP contribution in [0.2, 0.25) is 5.02 Å². The molecule has 1 aromatic rings. The second kappa shape index (κ2) is 5.23. The zero-order valence-electron chi connectivity index (χ0n) is 7.67. The van der Waals surface area contributed by atoms with Gasteiger partial charge >= 0.3 is 5.97 Å². The molecule has 0 heterocycles. The summed E-state index contributed by atoms with van der Waals surface area (Å²) in [4.78, 5) is 11.3. The fourth-order valence-corrected chi connectivity index (χ4v) is 1.41. The van der Waals surface area contributed by atoms with Gasteiger partial charge in [0.15, 0.2) is 5.38 Å². The van der Waals surface area contributed by atoms with Gasteiger partial charge in [-0.25, -0.2) is 0 Å². The van der Waals surface area contributed by atoms with Crippen molar-refractivity contribution in [2.75, 3.05) is 6.61 Å². The van der Waals surface area contributed by atoms with E-state index in [-0.39, 0.29) is 0 Å². The van der Waals surface area contributed by atoms with E-state index in [2.05, 4.69) is 0 Å². The van der Waals surface area contributed by atoms with Crippen LogP contribution in [-0.2, 0) is 9.53 Å². The molecule has 0 aliphatic heterocycles. The Labute approximate surface area is 92.8 Å². The molecule has 0 aliphatic carbocycles. The van der Waals surface area contributed by atoms with E-state index in [0.29, 0.717) is 17.2 Å². The van der Waals surface area contributed by atoms with E-state index in [4.69, 9.17) is 27.9 Å². The molecule has 0 N–H and O–H groups in total. The third-order valence-corrected chi connectivity index (χ3v) is 2.30. The molecular weight excluding hydrogens is 223 g/mol. The first kappa shape index (κ1) is 11.3. The van der Waals surface area contributed by atoms with Gasteiger partial charge in [-0.1, -0.05) is 23.7 Å². The highest BCUT2D eigenvalue weighted by atomic mass is 35.5. The highest BCUT2D eigenvalue weighted by Gasteiger charge is 2.18. The first-order valence-electron chi connectivity index (χ1n) is 4.21. The number of carbonyl (C=O) groups excluding carboxylic acids is 1. The molecule has 4 heteroatoms. The van der Waals surface area contributed by atoms with Crippen molar-refractivity contribution in [3.63, 3.8) is 0 Å². The zero-order valence-corrected chi connectivity index (χ0v) is 9.18. The summed E-state index contributed by atoms with van der Waals surface area (Å²) in [6.45, 7) is 2.06. The molecule has 2 nitrogen and oxygen atoms in total. The summed E-state index contributed by atoms with van der Waals surface area (Å²) < 4.78 is 4.78. The van der Waals surface area contributed by atoms with Crippen LogP contribution in [0.1, 0.15) is 17.9 Å². The summed E-state index contributed by atoms with van der Waals surface area (Å²) in [6, 6.07) is 6.85. The Morgan fingerprint density at radius 1 is 1.57 bits per heavy atom. The predicted octanol–water partition coefficient (Wildman–Crippen LogP) is 3.18. The Hall–Kier alpha value is -0.730. The minimum absolute atomic E-state index is 0.322. The van der Waals surface area contributed by atoms with Crippen LogP contribution < -0.4 is 0 Å². The molecule has 0 bridgehead atoms. The Bertz CT molecular complexity index is 326. The fourth-order valence-electron chi connectivity index (χ4n) is 1.02. The van der Waals surface area contributed by atoms with E-state index in [1.807, 2.05) is 0 Å². The normalized spacial score (nSPS) is 12.2. The van der Waals surface area contributed by atoms with Gasteiger partial charge in [-0.2, -0.15) is 0 Å². The molecule has 0 saturated carbocycles. The van der Waals surface area contributed by atoms with Gasteiger partial charge in [-0.15, -0.1) is 11.6 Å². The van der Waals surface area contributed by atoms with Gasteiger partial charge in [0, 0.05) is 5.02 Å². The molecule has 0 spiro atoms. The number of carbonyl (C=O) groups is 1. The van der Waals surface area contributed by atoms with E-state index in [0.717, 1.165) is 0 Å². The largest absolute Gasteiger partial charge is 0.465 e. The SMILES string of the molecule is CCOC(=O)[C@H](Cl)c1cccc(Cl)c1. The molecule has 1 atom stereocenters. The van der Waals surface area contributed by atoms with Gasteiger partial charge < -0.3 is 4.74 Å². The molecule has 0 fully saturated rings. The van der Waals surface area contributed by atoms with E-state index < -0.39 is 11.3 Å². The van der Waals surface area contributed by atoms with Gasteiger partial charge in [0.1, 0.15) is 0 Å². The second-order valence-electron chi connectivity index (χ2n) is 2.67. The lowest BCUT2D eigenvalue weighted by Crippen LogP contribution is -2.10. The first-order chi connectivity index (χ1) is 6.65. The molecule has 0 radical (unpaired) electrons. The average molecular weight is 233 g/mol. The molecule has 0 amide bonds. The van der Waals surface area contributed by atoms with Crippen molar-refractivity contribution in [1.29, 1.82) is 0 Å². The summed E-state index contributed by atoms with van der Waals surface area (Å²) in [7, 11) is 0. The van der Waals surface area contributed by atoms with Crippen LogP contribution in [0.4, 0.5) is 0 Å². The zero-order chi connectivity index (χ0) is 10.6. The maximum absolute atomic E-state index is 11.3. The monoisotopic (exact) mass is 232 g/mol. The number of hydrogen-bond donors (Lipinski definition) is 0. The molecular formula is C10H10Cl2O2. The molecule has 0 aromatic heterocycles. The number of rotatable bonds is 3. The van der Waals surface area contributed by atoms with Crippen molar-refractivity contribution in [2.24, 2.45) is 0 Å². The lowest BCUT2D eigenvalue weighted by atomic mass is 10.1. The topological polar surface area (TPSA) is 26.3 Å². The van der Waals surface area contributed by atoms with Crippen LogP contribution in [-0.4, -0.2) is 12.6 Å². The van der Waals surface area contributed by atoms with E-state index in [1.54, 1.807) is 31.2 Å². The van der Waals surface area contributed by atoms with Gasteiger partial charge in [0.25, 0.3) is 0 Å². The highest BCUT2D eigenvalue weighted by Crippen LogP contribution is 2.24. The van der Waals surface area contributed by atoms with Gasteiger partial charge in [-0.3, -0.25) is 4.79 Å². The minimum atomic E-state index is -0.784. The maximum Gasteiger partial charge on any atom is 0.328 e. The van der Waals surface area contributed by atoms with Crippen LogP contribution in [0.15, 0.2) is 24.3 Å². The lowest BCUT2D eigenvalue weighted by Gasteiger charge is -2.08. The van der Waals surface area contributed by atoms with Gasteiger partial charge in [0.2, 0.25) is 0 Å². The molecule has 76 valence electrons. The Morgan fingerprint density at radius 2 is 2.29 bits per heavy atom.